The van der Waals surface area contributed by atoms with Crippen molar-refractivity contribution in [3.63, 3.8) is 0 Å². The number of amides is 1. The summed E-state index contributed by atoms with van der Waals surface area (Å²) in [6.07, 6.45) is 1.47. The first-order chi connectivity index (χ1) is 11.7. The molecule has 1 heterocycles. The van der Waals surface area contributed by atoms with Crippen LogP contribution in [-0.2, 0) is 0 Å². The van der Waals surface area contributed by atoms with Crippen LogP contribution < -0.4 is 10.2 Å². The average Bonchev–Trinajstić information content (AvgIpc) is 2.62. The molecule has 0 unspecified atom stereocenters. The van der Waals surface area contributed by atoms with Crippen molar-refractivity contribution in [2.24, 2.45) is 5.10 Å². The van der Waals surface area contributed by atoms with Gasteiger partial charge in [-0.2, -0.15) is 5.10 Å². The SMILES string of the molecule is COc1ccccc1C(=O)N/N=C/c1cc2ccccc2nc1Cl. The Balaban J connectivity index is 1.79. The smallest absolute Gasteiger partial charge is 0.275 e. The van der Waals surface area contributed by atoms with E-state index in [1.54, 1.807) is 24.3 Å². The first-order valence-corrected chi connectivity index (χ1v) is 7.58. The summed E-state index contributed by atoms with van der Waals surface area (Å²) in [5.74, 6) is 0.115. The zero-order valence-corrected chi connectivity index (χ0v) is 13.6. The number of fused-ring (bicyclic) bond motifs is 1. The number of hydrogen-bond donors (Lipinski definition) is 1. The lowest BCUT2D eigenvalue weighted by atomic mass is 10.2. The molecule has 0 aliphatic heterocycles. The number of methoxy groups -OCH3 is 1. The van der Waals surface area contributed by atoms with Gasteiger partial charge in [-0.1, -0.05) is 41.9 Å². The van der Waals surface area contributed by atoms with Crippen molar-refractivity contribution in [2.75, 3.05) is 7.11 Å². The Labute approximate surface area is 143 Å². The van der Waals surface area contributed by atoms with Crippen LogP contribution in [0.15, 0.2) is 59.7 Å². The van der Waals surface area contributed by atoms with Gasteiger partial charge in [0.2, 0.25) is 0 Å². The summed E-state index contributed by atoms with van der Waals surface area (Å²) in [7, 11) is 1.51. The molecular weight excluding hydrogens is 326 g/mol. The molecule has 0 bridgehead atoms. The lowest BCUT2D eigenvalue weighted by Crippen LogP contribution is -2.18. The fourth-order valence-corrected chi connectivity index (χ4v) is 2.45. The van der Waals surface area contributed by atoms with E-state index in [-0.39, 0.29) is 5.91 Å². The van der Waals surface area contributed by atoms with E-state index in [1.165, 1.54) is 13.3 Å². The van der Waals surface area contributed by atoms with Crippen LogP contribution in [0.4, 0.5) is 0 Å². The maximum Gasteiger partial charge on any atom is 0.275 e. The van der Waals surface area contributed by atoms with Crippen molar-refractivity contribution in [3.05, 3.63) is 70.9 Å². The number of halogens is 1. The lowest BCUT2D eigenvalue weighted by Gasteiger charge is -2.06. The molecule has 0 saturated carbocycles. The Bertz CT molecular complexity index is 925. The van der Waals surface area contributed by atoms with Gasteiger partial charge >= 0.3 is 0 Å². The van der Waals surface area contributed by atoms with Gasteiger partial charge in [-0.25, -0.2) is 10.4 Å². The first kappa shape index (κ1) is 16.0. The largest absolute Gasteiger partial charge is 0.496 e. The zero-order chi connectivity index (χ0) is 16.9. The van der Waals surface area contributed by atoms with E-state index < -0.39 is 0 Å². The highest BCUT2D eigenvalue weighted by atomic mass is 35.5. The molecule has 0 radical (unpaired) electrons. The van der Waals surface area contributed by atoms with E-state index in [0.717, 1.165) is 10.9 Å². The van der Waals surface area contributed by atoms with Gasteiger partial charge in [0.15, 0.2) is 0 Å². The molecule has 5 nitrogen and oxygen atoms in total. The van der Waals surface area contributed by atoms with Crippen molar-refractivity contribution in [1.29, 1.82) is 0 Å². The molecule has 1 aromatic heterocycles. The third-order valence-corrected chi connectivity index (χ3v) is 3.73. The van der Waals surface area contributed by atoms with Crippen LogP contribution in [0.2, 0.25) is 5.15 Å². The number of ether oxygens (including phenoxy) is 1. The summed E-state index contributed by atoms with van der Waals surface area (Å²) in [5.41, 5.74) is 4.29. The standard InChI is InChI=1S/C18H14ClN3O2/c1-24-16-9-5-3-7-14(16)18(23)22-20-11-13-10-12-6-2-4-8-15(12)21-17(13)19/h2-11H,1H3,(H,22,23)/b20-11+. The summed E-state index contributed by atoms with van der Waals surface area (Å²) in [5, 5.41) is 5.22. The third-order valence-electron chi connectivity index (χ3n) is 3.43. The van der Waals surface area contributed by atoms with Crippen molar-refractivity contribution >= 4 is 34.6 Å². The number of aromatic nitrogens is 1. The fraction of sp³-hybridized carbons (Fsp3) is 0.0556. The average molecular weight is 340 g/mol. The van der Waals surface area contributed by atoms with E-state index in [0.29, 0.717) is 22.0 Å². The Hall–Kier alpha value is -2.92. The number of nitrogens with zero attached hydrogens (tertiary/aromatic N) is 2. The molecule has 0 aliphatic rings. The Morgan fingerprint density at radius 2 is 1.96 bits per heavy atom. The summed E-state index contributed by atoms with van der Waals surface area (Å²) in [6.45, 7) is 0. The number of para-hydroxylation sites is 2. The Kier molecular flexibility index (Phi) is 4.72. The Morgan fingerprint density at radius 1 is 1.21 bits per heavy atom. The summed E-state index contributed by atoms with van der Waals surface area (Å²) in [6, 6.07) is 16.4. The minimum atomic E-state index is -0.367. The maximum atomic E-state index is 12.2. The zero-order valence-electron chi connectivity index (χ0n) is 12.9. The van der Waals surface area contributed by atoms with Crippen LogP contribution in [0.25, 0.3) is 10.9 Å². The van der Waals surface area contributed by atoms with Gasteiger partial charge in [0.05, 0.1) is 24.4 Å². The molecule has 0 spiro atoms. The number of rotatable bonds is 4. The minimum Gasteiger partial charge on any atom is -0.496 e. The molecule has 3 rings (SSSR count). The number of carbonyl (C=O) groups is 1. The van der Waals surface area contributed by atoms with Crippen LogP contribution in [0, 0.1) is 0 Å². The molecule has 2 aromatic carbocycles. The van der Waals surface area contributed by atoms with E-state index in [9.17, 15) is 4.79 Å². The van der Waals surface area contributed by atoms with Crippen molar-refractivity contribution in [1.82, 2.24) is 10.4 Å². The summed E-state index contributed by atoms with van der Waals surface area (Å²) in [4.78, 5) is 16.5. The highest BCUT2D eigenvalue weighted by molar-refractivity contribution is 6.32. The van der Waals surface area contributed by atoms with E-state index in [2.05, 4.69) is 15.5 Å². The normalized spacial score (nSPS) is 10.9. The second-order valence-corrected chi connectivity index (χ2v) is 5.32. The fourth-order valence-electron chi connectivity index (χ4n) is 2.25. The first-order valence-electron chi connectivity index (χ1n) is 7.21. The second kappa shape index (κ2) is 7.10. The molecule has 0 saturated heterocycles. The van der Waals surface area contributed by atoms with Crippen LogP contribution in [-0.4, -0.2) is 24.2 Å². The van der Waals surface area contributed by atoms with Gasteiger partial charge in [0, 0.05) is 10.9 Å². The molecule has 120 valence electrons. The maximum absolute atomic E-state index is 12.2. The van der Waals surface area contributed by atoms with Crippen LogP contribution in [0.5, 0.6) is 5.75 Å². The van der Waals surface area contributed by atoms with Crippen LogP contribution >= 0.6 is 11.6 Å². The highest BCUT2D eigenvalue weighted by Gasteiger charge is 2.10. The predicted molar refractivity (Wildman–Crippen MR) is 94.8 cm³/mol. The molecular formula is C18H14ClN3O2. The molecule has 0 atom stereocenters. The number of benzene rings is 2. The lowest BCUT2D eigenvalue weighted by molar-refractivity contribution is 0.0952. The van der Waals surface area contributed by atoms with Gasteiger partial charge in [-0.05, 0) is 24.3 Å². The summed E-state index contributed by atoms with van der Waals surface area (Å²) < 4.78 is 5.15. The molecule has 24 heavy (non-hydrogen) atoms. The minimum absolute atomic E-state index is 0.323. The number of nitrogens with one attached hydrogen (secondary N) is 1. The number of hydrazone groups is 1. The van der Waals surface area contributed by atoms with Gasteiger partial charge in [0.1, 0.15) is 10.9 Å². The molecule has 0 aliphatic carbocycles. The number of carbonyl (C=O) groups excluding carboxylic acids is 1. The third kappa shape index (κ3) is 3.36. The quantitative estimate of drug-likeness (QED) is 0.448. The van der Waals surface area contributed by atoms with Crippen LogP contribution in [0.1, 0.15) is 15.9 Å². The molecule has 1 amide bonds. The van der Waals surface area contributed by atoms with Gasteiger partial charge in [-0.3, -0.25) is 4.79 Å². The predicted octanol–water partition coefficient (Wildman–Crippen LogP) is 3.66. The van der Waals surface area contributed by atoms with Crippen molar-refractivity contribution in [3.8, 4) is 5.75 Å². The van der Waals surface area contributed by atoms with E-state index >= 15 is 0 Å². The van der Waals surface area contributed by atoms with Gasteiger partial charge in [0.25, 0.3) is 5.91 Å². The van der Waals surface area contributed by atoms with Gasteiger partial charge < -0.3 is 4.74 Å². The molecule has 3 aromatic rings. The van der Waals surface area contributed by atoms with Gasteiger partial charge in [-0.15, -0.1) is 0 Å². The molecule has 1 N–H and O–H groups in total. The number of hydrogen-bond acceptors (Lipinski definition) is 4. The molecule has 6 heteroatoms. The molecule has 0 fully saturated rings. The highest BCUT2D eigenvalue weighted by Crippen LogP contribution is 2.19. The topological polar surface area (TPSA) is 63.6 Å². The van der Waals surface area contributed by atoms with E-state index in [4.69, 9.17) is 16.3 Å². The summed E-state index contributed by atoms with van der Waals surface area (Å²) >= 11 is 6.15. The van der Waals surface area contributed by atoms with E-state index in [1.807, 2.05) is 30.3 Å². The van der Waals surface area contributed by atoms with Crippen LogP contribution in [0.3, 0.4) is 0 Å². The van der Waals surface area contributed by atoms with Crippen molar-refractivity contribution < 1.29 is 9.53 Å². The van der Waals surface area contributed by atoms with Crippen molar-refractivity contribution in [2.45, 2.75) is 0 Å². The Morgan fingerprint density at radius 3 is 2.79 bits per heavy atom. The monoisotopic (exact) mass is 339 g/mol. The second-order valence-electron chi connectivity index (χ2n) is 4.96. The number of pyridine rings is 1.